The second kappa shape index (κ2) is 10.8. The van der Waals surface area contributed by atoms with Crippen LogP contribution in [0.5, 0.6) is 0 Å². The van der Waals surface area contributed by atoms with Gasteiger partial charge in [-0.25, -0.2) is 0 Å². The predicted molar refractivity (Wildman–Crippen MR) is 66.7 cm³/mol. The molecule has 0 saturated heterocycles. The molecule has 0 bridgehead atoms. The van der Waals surface area contributed by atoms with Crippen LogP contribution in [0.1, 0.15) is 78.6 Å². The largest absolute Gasteiger partial charge is 0.0853 e. The number of allylic oxidation sites excluding steroid dienone is 2. The van der Waals surface area contributed by atoms with E-state index in [0.29, 0.717) is 0 Å². The second-order valence-electron chi connectivity index (χ2n) is 4.17. The summed E-state index contributed by atoms with van der Waals surface area (Å²) < 4.78 is 0. The van der Waals surface area contributed by atoms with Crippen molar-refractivity contribution >= 4 is 0 Å². The summed E-state index contributed by atoms with van der Waals surface area (Å²) in [6.45, 7) is 6.82. The summed E-state index contributed by atoms with van der Waals surface area (Å²) in [5.74, 6) is 0. The Morgan fingerprint density at radius 1 is 0.857 bits per heavy atom. The first-order chi connectivity index (χ1) is 6.85. The minimum atomic E-state index is 1.25. The van der Waals surface area contributed by atoms with E-state index in [1.54, 1.807) is 5.57 Å². The van der Waals surface area contributed by atoms with E-state index < -0.39 is 0 Å². The van der Waals surface area contributed by atoms with Gasteiger partial charge in [0.25, 0.3) is 0 Å². The summed E-state index contributed by atoms with van der Waals surface area (Å²) >= 11 is 0. The smallest absolute Gasteiger partial charge is 0.0323 e. The highest BCUT2D eigenvalue weighted by Crippen LogP contribution is 2.12. The summed E-state index contributed by atoms with van der Waals surface area (Å²) in [6.07, 6.45) is 14.7. The van der Waals surface area contributed by atoms with Gasteiger partial charge in [0, 0.05) is 0 Å². The second-order valence-corrected chi connectivity index (χ2v) is 4.17. The minimum absolute atomic E-state index is 1.25. The fraction of sp³-hybridized carbons (Fsp3) is 0.857. The van der Waals surface area contributed by atoms with E-state index in [-0.39, 0.29) is 0 Å². The van der Waals surface area contributed by atoms with Gasteiger partial charge in [-0.15, -0.1) is 0 Å². The molecule has 0 N–H and O–H groups in total. The first-order valence-electron chi connectivity index (χ1n) is 6.53. The van der Waals surface area contributed by atoms with E-state index in [0.717, 1.165) is 0 Å². The van der Waals surface area contributed by atoms with E-state index in [1.165, 1.54) is 57.8 Å². The number of hydrogen-bond acceptors (Lipinski definition) is 0. The molecule has 0 rings (SSSR count). The molecule has 0 spiro atoms. The van der Waals surface area contributed by atoms with E-state index in [1.807, 2.05) is 0 Å². The Balaban J connectivity index is 3.38. The Hall–Kier alpha value is -0.260. The summed E-state index contributed by atoms with van der Waals surface area (Å²) in [4.78, 5) is 0. The maximum Gasteiger partial charge on any atom is -0.0323 e. The van der Waals surface area contributed by atoms with Gasteiger partial charge in [-0.05, 0) is 25.7 Å². The molecule has 0 aromatic rings. The molecule has 84 valence electrons. The predicted octanol–water partition coefficient (Wildman–Crippen LogP) is 5.48. The van der Waals surface area contributed by atoms with Gasteiger partial charge in [0.15, 0.2) is 0 Å². The zero-order valence-electron chi connectivity index (χ0n) is 10.4. The minimum Gasteiger partial charge on any atom is -0.0853 e. The highest BCUT2D eigenvalue weighted by atomic mass is 14.0. The monoisotopic (exact) mass is 196 g/mol. The molecule has 0 unspecified atom stereocenters. The van der Waals surface area contributed by atoms with Gasteiger partial charge in [0.05, 0.1) is 0 Å². The van der Waals surface area contributed by atoms with Gasteiger partial charge < -0.3 is 0 Å². The molecule has 0 nitrogen and oxygen atoms in total. The molecular weight excluding hydrogens is 168 g/mol. The summed E-state index contributed by atoms with van der Waals surface area (Å²) in [7, 11) is 0. The lowest BCUT2D eigenvalue weighted by atomic mass is 10.0. The van der Waals surface area contributed by atoms with Crippen LogP contribution in [0.25, 0.3) is 0 Å². The van der Waals surface area contributed by atoms with Gasteiger partial charge in [-0.2, -0.15) is 0 Å². The van der Waals surface area contributed by atoms with Crippen LogP contribution in [0.3, 0.4) is 0 Å². The van der Waals surface area contributed by atoms with E-state index in [4.69, 9.17) is 0 Å². The Morgan fingerprint density at radius 2 is 1.57 bits per heavy atom. The lowest BCUT2D eigenvalue weighted by Gasteiger charge is -2.02. The topological polar surface area (TPSA) is 0 Å². The SMILES string of the molecule is CCCCCCC/C=C(\CC)CCC. The zero-order valence-corrected chi connectivity index (χ0v) is 10.4. The zero-order chi connectivity index (χ0) is 10.6. The molecule has 0 aliphatic rings. The molecule has 0 aliphatic heterocycles. The lowest BCUT2D eigenvalue weighted by molar-refractivity contribution is 0.635. The fourth-order valence-corrected chi connectivity index (χ4v) is 1.80. The molecule has 0 heterocycles. The van der Waals surface area contributed by atoms with Crippen molar-refractivity contribution < 1.29 is 0 Å². The molecule has 0 fully saturated rings. The van der Waals surface area contributed by atoms with Crippen molar-refractivity contribution in [3.05, 3.63) is 11.6 Å². The average Bonchev–Trinajstić information content (AvgIpc) is 2.21. The fourth-order valence-electron chi connectivity index (χ4n) is 1.80. The molecule has 0 aliphatic carbocycles. The third kappa shape index (κ3) is 8.34. The lowest BCUT2D eigenvalue weighted by Crippen LogP contribution is -1.82. The van der Waals surface area contributed by atoms with Crippen LogP contribution >= 0.6 is 0 Å². The Morgan fingerprint density at radius 3 is 2.14 bits per heavy atom. The molecule has 0 amide bonds. The maximum atomic E-state index is 2.48. The van der Waals surface area contributed by atoms with Crippen LogP contribution in [0.2, 0.25) is 0 Å². The highest BCUT2D eigenvalue weighted by Gasteiger charge is 1.92. The van der Waals surface area contributed by atoms with Crippen molar-refractivity contribution in [1.29, 1.82) is 0 Å². The van der Waals surface area contributed by atoms with Crippen molar-refractivity contribution in [2.45, 2.75) is 78.6 Å². The van der Waals surface area contributed by atoms with Crippen molar-refractivity contribution in [2.75, 3.05) is 0 Å². The third-order valence-electron chi connectivity index (χ3n) is 2.77. The molecule has 0 heteroatoms. The Kier molecular flexibility index (Phi) is 10.6. The number of rotatable bonds is 9. The summed E-state index contributed by atoms with van der Waals surface area (Å²) in [6, 6.07) is 0. The molecule has 0 aromatic carbocycles. The van der Waals surface area contributed by atoms with Crippen LogP contribution < -0.4 is 0 Å². The summed E-state index contributed by atoms with van der Waals surface area (Å²) in [5.41, 5.74) is 1.67. The van der Waals surface area contributed by atoms with Gasteiger partial charge in [-0.1, -0.05) is 64.5 Å². The van der Waals surface area contributed by atoms with Crippen molar-refractivity contribution in [2.24, 2.45) is 0 Å². The Labute approximate surface area is 90.8 Å². The van der Waals surface area contributed by atoms with E-state index >= 15 is 0 Å². The van der Waals surface area contributed by atoms with Crippen molar-refractivity contribution in [3.63, 3.8) is 0 Å². The van der Waals surface area contributed by atoms with Crippen LogP contribution in [0.15, 0.2) is 11.6 Å². The molecule has 0 saturated carbocycles. The van der Waals surface area contributed by atoms with Crippen LogP contribution in [-0.2, 0) is 0 Å². The van der Waals surface area contributed by atoms with Gasteiger partial charge >= 0.3 is 0 Å². The van der Waals surface area contributed by atoms with Gasteiger partial charge in [-0.3, -0.25) is 0 Å². The van der Waals surface area contributed by atoms with Crippen LogP contribution in [-0.4, -0.2) is 0 Å². The molecule has 0 radical (unpaired) electrons. The molecular formula is C14H28. The van der Waals surface area contributed by atoms with Crippen molar-refractivity contribution in [1.82, 2.24) is 0 Å². The van der Waals surface area contributed by atoms with Crippen LogP contribution in [0.4, 0.5) is 0 Å². The van der Waals surface area contributed by atoms with Gasteiger partial charge in [0.1, 0.15) is 0 Å². The van der Waals surface area contributed by atoms with Crippen LogP contribution in [0, 0.1) is 0 Å². The third-order valence-corrected chi connectivity index (χ3v) is 2.77. The Bertz CT molecular complexity index is 133. The van der Waals surface area contributed by atoms with E-state index in [9.17, 15) is 0 Å². The average molecular weight is 196 g/mol. The molecule has 14 heavy (non-hydrogen) atoms. The quantitative estimate of drug-likeness (QED) is 0.338. The van der Waals surface area contributed by atoms with E-state index in [2.05, 4.69) is 26.8 Å². The first kappa shape index (κ1) is 13.7. The molecule has 0 aromatic heterocycles. The summed E-state index contributed by atoms with van der Waals surface area (Å²) in [5, 5.41) is 0. The highest BCUT2D eigenvalue weighted by molar-refractivity contribution is 5.00. The van der Waals surface area contributed by atoms with Crippen molar-refractivity contribution in [3.8, 4) is 0 Å². The van der Waals surface area contributed by atoms with Gasteiger partial charge in [0.2, 0.25) is 0 Å². The number of hydrogen-bond donors (Lipinski definition) is 0. The normalized spacial score (nSPS) is 12.1. The molecule has 0 atom stereocenters. The standard InChI is InChI=1S/C14H28/c1-4-7-8-9-10-11-13-14(6-3)12-5-2/h13H,4-12H2,1-3H3/b14-13+. The maximum absolute atomic E-state index is 2.48. The number of unbranched alkanes of at least 4 members (excludes halogenated alkanes) is 5. The first-order valence-corrected chi connectivity index (χ1v) is 6.53.